The highest BCUT2D eigenvalue weighted by Gasteiger charge is 2.16. The Hall–Kier alpha value is -1.85. The normalized spacial score (nSPS) is 16.8. The average molecular weight is 390 g/mol. The van der Waals surface area contributed by atoms with Gasteiger partial charge in [0, 0.05) is 22.3 Å². The van der Waals surface area contributed by atoms with Crippen molar-refractivity contribution in [2.45, 2.75) is 25.9 Å². The van der Waals surface area contributed by atoms with Gasteiger partial charge in [0.2, 0.25) is 0 Å². The second kappa shape index (κ2) is 7.81. The SMILES string of the molecule is Cc1cc(Br)ccc1NC(=O)c1ccc(OCC2CCCO2)cc1. The van der Waals surface area contributed by atoms with Crippen molar-refractivity contribution in [2.75, 3.05) is 18.5 Å². The van der Waals surface area contributed by atoms with Crippen LogP contribution in [0.5, 0.6) is 5.75 Å². The number of hydrogen-bond acceptors (Lipinski definition) is 3. The fourth-order valence-corrected chi connectivity index (χ4v) is 3.10. The molecule has 1 fully saturated rings. The summed E-state index contributed by atoms with van der Waals surface area (Å²) in [5, 5.41) is 2.93. The van der Waals surface area contributed by atoms with Crippen molar-refractivity contribution in [1.29, 1.82) is 0 Å². The van der Waals surface area contributed by atoms with E-state index >= 15 is 0 Å². The van der Waals surface area contributed by atoms with Crippen molar-refractivity contribution < 1.29 is 14.3 Å². The Morgan fingerprint density at radius 2 is 2.08 bits per heavy atom. The Morgan fingerprint density at radius 3 is 2.75 bits per heavy atom. The molecule has 5 heteroatoms. The van der Waals surface area contributed by atoms with Crippen LogP contribution in [0.4, 0.5) is 5.69 Å². The lowest BCUT2D eigenvalue weighted by atomic mass is 10.1. The zero-order valence-electron chi connectivity index (χ0n) is 13.5. The lowest BCUT2D eigenvalue weighted by Crippen LogP contribution is -2.16. The lowest BCUT2D eigenvalue weighted by Gasteiger charge is -2.12. The standard InChI is InChI=1S/C19H20BrNO3/c1-13-11-15(20)6-9-18(13)21-19(22)14-4-7-16(8-5-14)24-12-17-3-2-10-23-17/h4-9,11,17H,2-3,10,12H2,1H3,(H,21,22). The Morgan fingerprint density at radius 1 is 1.29 bits per heavy atom. The van der Waals surface area contributed by atoms with E-state index < -0.39 is 0 Å². The number of aryl methyl sites for hydroxylation is 1. The first-order chi connectivity index (χ1) is 11.6. The fourth-order valence-electron chi connectivity index (χ4n) is 2.63. The topological polar surface area (TPSA) is 47.6 Å². The Balaban J connectivity index is 1.58. The summed E-state index contributed by atoms with van der Waals surface area (Å²) in [5.74, 6) is 0.618. The molecule has 1 heterocycles. The van der Waals surface area contributed by atoms with E-state index in [0.717, 1.165) is 40.9 Å². The van der Waals surface area contributed by atoms with Crippen LogP contribution in [0.15, 0.2) is 46.9 Å². The zero-order chi connectivity index (χ0) is 16.9. The predicted octanol–water partition coefficient (Wildman–Crippen LogP) is 4.57. The summed E-state index contributed by atoms with van der Waals surface area (Å²) in [4.78, 5) is 12.3. The predicted molar refractivity (Wildman–Crippen MR) is 97.7 cm³/mol. The van der Waals surface area contributed by atoms with E-state index in [0.29, 0.717) is 12.2 Å². The highest BCUT2D eigenvalue weighted by molar-refractivity contribution is 9.10. The van der Waals surface area contributed by atoms with Crippen LogP contribution in [-0.4, -0.2) is 25.2 Å². The van der Waals surface area contributed by atoms with Gasteiger partial charge in [-0.2, -0.15) is 0 Å². The Bertz CT molecular complexity index is 709. The molecule has 2 aromatic rings. The summed E-state index contributed by atoms with van der Waals surface area (Å²) in [7, 11) is 0. The smallest absolute Gasteiger partial charge is 0.255 e. The minimum Gasteiger partial charge on any atom is -0.491 e. The number of halogens is 1. The van der Waals surface area contributed by atoms with E-state index in [9.17, 15) is 4.79 Å². The van der Waals surface area contributed by atoms with Gasteiger partial charge in [-0.1, -0.05) is 15.9 Å². The molecule has 0 bridgehead atoms. The molecule has 0 spiro atoms. The maximum absolute atomic E-state index is 12.3. The van der Waals surface area contributed by atoms with Crippen molar-refractivity contribution in [1.82, 2.24) is 0 Å². The maximum atomic E-state index is 12.3. The van der Waals surface area contributed by atoms with Gasteiger partial charge < -0.3 is 14.8 Å². The third-order valence-electron chi connectivity index (χ3n) is 4.01. The van der Waals surface area contributed by atoms with E-state index in [1.54, 1.807) is 12.1 Å². The lowest BCUT2D eigenvalue weighted by molar-refractivity contribution is 0.0679. The minimum absolute atomic E-state index is 0.133. The molecular weight excluding hydrogens is 370 g/mol. The molecule has 0 radical (unpaired) electrons. The van der Waals surface area contributed by atoms with Crippen molar-refractivity contribution in [3.05, 3.63) is 58.1 Å². The molecule has 1 aliphatic heterocycles. The largest absolute Gasteiger partial charge is 0.491 e. The van der Waals surface area contributed by atoms with E-state index in [1.807, 2.05) is 37.3 Å². The first kappa shape index (κ1) is 17.0. The summed E-state index contributed by atoms with van der Waals surface area (Å²) in [5.41, 5.74) is 2.41. The molecule has 0 aromatic heterocycles. The molecular formula is C19H20BrNO3. The number of nitrogens with one attached hydrogen (secondary N) is 1. The van der Waals surface area contributed by atoms with Gasteiger partial charge in [0.05, 0.1) is 6.10 Å². The molecule has 0 saturated carbocycles. The van der Waals surface area contributed by atoms with Gasteiger partial charge in [-0.05, 0) is 67.8 Å². The van der Waals surface area contributed by atoms with Gasteiger partial charge >= 0.3 is 0 Å². The van der Waals surface area contributed by atoms with E-state index in [4.69, 9.17) is 9.47 Å². The van der Waals surface area contributed by atoms with Gasteiger partial charge in [0.15, 0.2) is 0 Å². The third-order valence-corrected chi connectivity index (χ3v) is 4.51. The second-order valence-corrected chi connectivity index (χ2v) is 6.80. The molecule has 1 saturated heterocycles. The quantitative estimate of drug-likeness (QED) is 0.814. The molecule has 1 atom stereocenters. The van der Waals surface area contributed by atoms with E-state index in [2.05, 4.69) is 21.2 Å². The molecule has 2 aromatic carbocycles. The average Bonchev–Trinajstić information content (AvgIpc) is 3.09. The Labute approximate surface area is 150 Å². The monoisotopic (exact) mass is 389 g/mol. The van der Waals surface area contributed by atoms with Crippen LogP contribution in [0, 0.1) is 6.92 Å². The van der Waals surface area contributed by atoms with Gasteiger partial charge in [-0.25, -0.2) is 0 Å². The van der Waals surface area contributed by atoms with Crippen molar-refractivity contribution in [2.24, 2.45) is 0 Å². The molecule has 1 N–H and O–H groups in total. The molecule has 1 aliphatic rings. The molecule has 3 rings (SSSR count). The molecule has 126 valence electrons. The fraction of sp³-hybridized carbons (Fsp3) is 0.316. The molecule has 1 amide bonds. The number of anilines is 1. The minimum atomic E-state index is -0.133. The number of carbonyl (C=O) groups excluding carboxylic acids is 1. The van der Waals surface area contributed by atoms with Crippen LogP contribution < -0.4 is 10.1 Å². The summed E-state index contributed by atoms with van der Waals surface area (Å²) in [6, 6.07) is 12.9. The van der Waals surface area contributed by atoms with Crippen LogP contribution >= 0.6 is 15.9 Å². The van der Waals surface area contributed by atoms with Crippen molar-refractivity contribution >= 4 is 27.5 Å². The zero-order valence-corrected chi connectivity index (χ0v) is 15.1. The van der Waals surface area contributed by atoms with E-state index in [1.165, 1.54) is 0 Å². The van der Waals surface area contributed by atoms with Crippen molar-refractivity contribution in [3.63, 3.8) is 0 Å². The second-order valence-electron chi connectivity index (χ2n) is 5.88. The number of amides is 1. The summed E-state index contributed by atoms with van der Waals surface area (Å²) < 4.78 is 12.2. The molecule has 24 heavy (non-hydrogen) atoms. The highest BCUT2D eigenvalue weighted by atomic mass is 79.9. The van der Waals surface area contributed by atoms with Crippen LogP contribution in [0.3, 0.4) is 0 Å². The van der Waals surface area contributed by atoms with Crippen LogP contribution in [-0.2, 0) is 4.74 Å². The van der Waals surface area contributed by atoms with Crippen LogP contribution in [0.2, 0.25) is 0 Å². The molecule has 0 aliphatic carbocycles. The third kappa shape index (κ3) is 4.36. The number of hydrogen-bond donors (Lipinski definition) is 1. The van der Waals surface area contributed by atoms with Crippen LogP contribution in [0.25, 0.3) is 0 Å². The highest BCUT2D eigenvalue weighted by Crippen LogP contribution is 2.21. The first-order valence-corrected chi connectivity index (χ1v) is 8.83. The number of benzene rings is 2. The van der Waals surface area contributed by atoms with E-state index in [-0.39, 0.29) is 12.0 Å². The van der Waals surface area contributed by atoms with Gasteiger partial charge in [0.1, 0.15) is 12.4 Å². The molecule has 4 nitrogen and oxygen atoms in total. The van der Waals surface area contributed by atoms with Gasteiger partial charge in [0.25, 0.3) is 5.91 Å². The summed E-state index contributed by atoms with van der Waals surface area (Å²) in [6.07, 6.45) is 2.34. The first-order valence-electron chi connectivity index (χ1n) is 8.04. The maximum Gasteiger partial charge on any atom is 0.255 e. The summed E-state index contributed by atoms with van der Waals surface area (Å²) >= 11 is 3.42. The number of ether oxygens (including phenoxy) is 2. The number of rotatable bonds is 5. The number of carbonyl (C=O) groups is 1. The Kier molecular flexibility index (Phi) is 5.53. The van der Waals surface area contributed by atoms with Gasteiger partial charge in [-0.3, -0.25) is 4.79 Å². The molecule has 1 unspecified atom stereocenters. The van der Waals surface area contributed by atoms with Gasteiger partial charge in [-0.15, -0.1) is 0 Å². The van der Waals surface area contributed by atoms with Crippen molar-refractivity contribution in [3.8, 4) is 5.75 Å². The van der Waals surface area contributed by atoms with Crippen LogP contribution in [0.1, 0.15) is 28.8 Å². The summed E-state index contributed by atoms with van der Waals surface area (Å²) in [6.45, 7) is 3.34.